The Morgan fingerprint density at radius 1 is 1.53 bits per heavy atom. The minimum absolute atomic E-state index is 0.0786. The van der Waals surface area contributed by atoms with Gasteiger partial charge in [-0.1, -0.05) is 17.7 Å². The molecule has 1 heterocycles. The zero-order valence-corrected chi connectivity index (χ0v) is 11.8. The van der Waals surface area contributed by atoms with Crippen LogP contribution in [0.3, 0.4) is 0 Å². The molecule has 1 aliphatic heterocycles. The van der Waals surface area contributed by atoms with Crippen molar-refractivity contribution in [2.45, 2.75) is 18.9 Å². The number of hydrogen-bond donors (Lipinski definition) is 2. The zero-order chi connectivity index (χ0) is 14.0. The van der Waals surface area contributed by atoms with Gasteiger partial charge in [-0.3, -0.25) is 11.3 Å². The second kappa shape index (κ2) is 5.75. The molecule has 1 saturated heterocycles. The molecule has 0 aliphatic carbocycles. The highest BCUT2D eigenvalue weighted by molar-refractivity contribution is 7.91. The van der Waals surface area contributed by atoms with Crippen LogP contribution >= 0.6 is 11.6 Å². The Morgan fingerprint density at radius 3 is 2.79 bits per heavy atom. The Labute approximate surface area is 117 Å². The normalized spacial score (nSPS) is 23.4. The van der Waals surface area contributed by atoms with Gasteiger partial charge in [0.15, 0.2) is 9.84 Å². The van der Waals surface area contributed by atoms with Crippen LogP contribution in [0, 0.1) is 11.7 Å². The molecule has 2 rings (SSSR count). The zero-order valence-electron chi connectivity index (χ0n) is 10.3. The van der Waals surface area contributed by atoms with Crippen molar-refractivity contribution >= 4 is 21.4 Å². The number of nitrogens with two attached hydrogens (primary N) is 1. The number of sulfone groups is 1. The molecule has 106 valence electrons. The number of nitrogens with one attached hydrogen (secondary N) is 1. The summed E-state index contributed by atoms with van der Waals surface area (Å²) in [6, 6.07) is 4.20. The highest BCUT2D eigenvalue weighted by Gasteiger charge is 2.33. The first-order valence-electron chi connectivity index (χ1n) is 6.02. The van der Waals surface area contributed by atoms with Gasteiger partial charge >= 0.3 is 0 Å². The topological polar surface area (TPSA) is 72.2 Å². The van der Waals surface area contributed by atoms with Crippen molar-refractivity contribution in [1.82, 2.24) is 5.43 Å². The smallest absolute Gasteiger partial charge is 0.150 e. The molecular formula is C12H16ClFN2O2S. The van der Waals surface area contributed by atoms with E-state index in [1.165, 1.54) is 6.07 Å². The van der Waals surface area contributed by atoms with Crippen LogP contribution in [-0.4, -0.2) is 26.0 Å². The first kappa shape index (κ1) is 14.7. The Morgan fingerprint density at radius 2 is 2.26 bits per heavy atom. The van der Waals surface area contributed by atoms with E-state index >= 15 is 0 Å². The summed E-state index contributed by atoms with van der Waals surface area (Å²) in [4.78, 5) is 0. The van der Waals surface area contributed by atoms with Gasteiger partial charge in [0, 0.05) is 11.1 Å². The summed E-state index contributed by atoms with van der Waals surface area (Å²) in [6.07, 6.45) is 0.909. The van der Waals surface area contributed by atoms with E-state index in [0.717, 1.165) is 0 Å². The lowest BCUT2D eigenvalue weighted by molar-refractivity contribution is 0.381. The lowest BCUT2D eigenvalue weighted by Crippen LogP contribution is -2.43. The fraction of sp³-hybridized carbons (Fsp3) is 0.500. The second-order valence-corrected chi connectivity index (χ2v) is 7.54. The molecule has 0 bridgehead atoms. The molecule has 7 heteroatoms. The second-order valence-electron chi connectivity index (χ2n) is 4.88. The first-order chi connectivity index (χ1) is 8.91. The third kappa shape index (κ3) is 3.66. The first-order valence-corrected chi connectivity index (χ1v) is 8.21. The molecule has 0 aromatic heterocycles. The van der Waals surface area contributed by atoms with Crippen LogP contribution in [0.4, 0.5) is 4.39 Å². The van der Waals surface area contributed by atoms with Crippen LogP contribution in [0.2, 0.25) is 5.02 Å². The van der Waals surface area contributed by atoms with Crippen molar-refractivity contribution < 1.29 is 12.8 Å². The highest BCUT2D eigenvalue weighted by Crippen LogP contribution is 2.25. The van der Waals surface area contributed by atoms with Crippen molar-refractivity contribution in [3.05, 3.63) is 34.6 Å². The van der Waals surface area contributed by atoms with E-state index in [1.54, 1.807) is 12.1 Å². The maximum absolute atomic E-state index is 13.7. The third-order valence-electron chi connectivity index (χ3n) is 3.51. The predicted octanol–water partition coefficient (Wildman–Crippen LogP) is 1.29. The number of hydrazine groups is 1. The molecule has 2 atom stereocenters. The van der Waals surface area contributed by atoms with E-state index in [2.05, 4.69) is 5.43 Å². The minimum atomic E-state index is -2.97. The summed E-state index contributed by atoms with van der Waals surface area (Å²) < 4.78 is 36.6. The Balaban J connectivity index is 2.11. The van der Waals surface area contributed by atoms with Crippen molar-refractivity contribution in [2.24, 2.45) is 11.8 Å². The fourth-order valence-corrected chi connectivity index (χ4v) is 4.47. The van der Waals surface area contributed by atoms with Gasteiger partial charge in [-0.05, 0) is 36.5 Å². The van der Waals surface area contributed by atoms with Gasteiger partial charge in [0.05, 0.1) is 11.5 Å². The molecule has 2 unspecified atom stereocenters. The fourth-order valence-electron chi connectivity index (χ4n) is 2.43. The van der Waals surface area contributed by atoms with Crippen LogP contribution in [-0.2, 0) is 16.3 Å². The largest absolute Gasteiger partial charge is 0.271 e. The summed E-state index contributed by atoms with van der Waals surface area (Å²) in [6.45, 7) is 0. The van der Waals surface area contributed by atoms with E-state index in [-0.39, 0.29) is 23.5 Å². The summed E-state index contributed by atoms with van der Waals surface area (Å²) in [5.74, 6) is 5.29. The van der Waals surface area contributed by atoms with Crippen molar-refractivity contribution in [3.8, 4) is 0 Å². The highest BCUT2D eigenvalue weighted by atomic mass is 35.5. The number of halogens is 2. The molecule has 1 fully saturated rings. The molecule has 19 heavy (non-hydrogen) atoms. The molecular weight excluding hydrogens is 291 g/mol. The molecule has 0 saturated carbocycles. The Hall–Kier alpha value is -0.690. The van der Waals surface area contributed by atoms with E-state index in [0.29, 0.717) is 23.4 Å². The lowest BCUT2D eigenvalue weighted by atomic mass is 9.93. The number of benzene rings is 1. The molecule has 1 aromatic rings. The van der Waals surface area contributed by atoms with Gasteiger partial charge in [-0.2, -0.15) is 0 Å². The van der Waals surface area contributed by atoms with E-state index in [4.69, 9.17) is 17.4 Å². The van der Waals surface area contributed by atoms with Crippen LogP contribution in [0.1, 0.15) is 12.0 Å². The molecule has 0 amide bonds. The molecule has 3 N–H and O–H groups in total. The summed E-state index contributed by atoms with van der Waals surface area (Å²) >= 11 is 5.69. The predicted molar refractivity (Wildman–Crippen MR) is 73.0 cm³/mol. The quantitative estimate of drug-likeness (QED) is 0.649. The van der Waals surface area contributed by atoms with Crippen LogP contribution in [0.15, 0.2) is 18.2 Å². The van der Waals surface area contributed by atoms with Gasteiger partial charge in [-0.15, -0.1) is 0 Å². The monoisotopic (exact) mass is 306 g/mol. The third-order valence-corrected chi connectivity index (χ3v) is 5.53. The molecule has 0 spiro atoms. The van der Waals surface area contributed by atoms with E-state index < -0.39 is 15.7 Å². The average Bonchev–Trinajstić information content (AvgIpc) is 2.69. The Bertz CT molecular complexity index is 565. The Kier molecular flexibility index (Phi) is 4.45. The van der Waals surface area contributed by atoms with Gasteiger partial charge in [0.25, 0.3) is 0 Å². The molecule has 0 radical (unpaired) electrons. The van der Waals surface area contributed by atoms with E-state index in [9.17, 15) is 12.8 Å². The SMILES string of the molecule is NNC(Cc1ccc(Cl)cc1F)C1CCS(=O)(=O)C1. The maximum atomic E-state index is 13.7. The number of hydrogen-bond acceptors (Lipinski definition) is 4. The minimum Gasteiger partial charge on any atom is -0.271 e. The number of rotatable bonds is 4. The van der Waals surface area contributed by atoms with Gasteiger partial charge in [0.1, 0.15) is 5.82 Å². The van der Waals surface area contributed by atoms with Gasteiger partial charge in [-0.25, -0.2) is 12.8 Å². The summed E-state index contributed by atoms with van der Waals surface area (Å²) in [7, 11) is -2.97. The van der Waals surface area contributed by atoms with Gasteiger partial charge < -0.3 is 0 Å². The molecule has 1 aliphatic rings. The molecule has 4 nitrogen and oxygen atoms in total. The lowest BCUT2D eigenvalue weighted by Gasteiger charge is -2.22. The van der Waals surface area contributed by atoms with Crippen molar-refractivity contribution in [3.63, 3.8) is 0 Å². The maximum Gasteiger partial charge on any atom is 0.150 e. The van der Waals surface area contributed by atoms with E-state index in [1.807, 2.05) is 0 Å². The van der Waals surface area contributed by atoms with Gasteiger partial charge in [0.2, 0.25) is 0 Å². The standard InChI is InChI=1S/C12H16ClFN2O2S/c13-10-2-1-8(11(14)6-10)5-12(16-15)9-3-4-19(17,18)7-9/h1-2,6,9,12,16H,3-5,7,15H2. The van der Waals surface area contributed by atoms with Crippen molar-refractivity contribution in [2.75, 3.05) is 11.5 Å². The van der Waals surface area contributed by atoms with Crippen LogP contribution in [0.5, 0.6) is 0 Å². The average molecular weight is 307 g/mol. The molecule has 1 aromatic carbocycles. The summed E-state index contributed by atoms with van der Waals surface area (Å²) in [5, 5.41) is 0.335. The van der Waals surface area contributed by atoms with Crippen LogP contribution in [0.25, 0.3) is 0 Å². The van der Waals surface area contributed by atoms with Crippen LogP contribution < -0.4 is 11.3 Å². The summed E-state index contributed by atoms with van der Waals surface area (Å²) in [5.41, 5.74) is 3.09. The van der Waals surface area contributed by atoms with Crippen molar-refractivity contribution in [1.29, 1.82) is 0 Å².